The van der Waals surface area contributed by atoms with Crippen LogP contribution >= 0.6 is 15.9 Å². The van der Waals surface area contributed by atoms with Crippen molar-refractivity contribution < 1.29 is 4.74 Å². The normalized spacial score (nSPS) is 12.3. The summed E-state index contributed by atoms with van der Waals surface area (Å²) in [6.07, 6.45) is 1.10. The van der Waals surface area contributed by atoms with E-state index in [1.165, 1.54) is 0 Å². The van der Waals surface area contributed by atoms with E-state index in [-0.39, 0.29) is 0 Å². The van der Waals surface area contributed by atoms with Gasteiger partial charge in [0.05, 0.1) is 17.3 Å². The van der Waals surface area contributed by atoms with Gasteiger partial charge >= 0.3 is 0 Å². The summed E-state index contributed by atoms with van der Waals surface area (Å²) in [5.41, 5.74) is 1.08. The Morgan fingerprint density at radius 3 is 2.79 bits per heavy atom. The first-order valence-electron chi connectivity index (χ1n) is 4.78. The van der Waals surface area contributed by atoms with Crippen LogP contribution in [-0.4, -0.2) is 13.2 Å². The molecule has 2 nitrogen and oxygen atoms in total. The van der Waals surface area contributed by atoms with Gasteiger partial charge in [-0.25, -0.2) is 0 Å². The maximum atomic E-state index is 5.21. The molecule has 1 atom stereocenters. The number of nitrogens with one attached hydrogen (secondary N) is 1. The minimum atomic E-state index is 0.471. The molecular formula is C11H16BrNO. The first-order valence-corrected chi connectivity index (χ1v) is 5.57. The summed E-state index contributed by atoms with van der Waals surface area (Å²) in [6.45, 7) is 4.32. The van der Waals surface area contributed by atoms with Crippen molar-refractivity contribution in [2.75, 3.05) is 12.4 Å². The van der Waals surface area contributed by atoms with Crippen molar-refractivity contribution in [3.63, 3.8) is 0 Å². The molecule has 0 saturated heterocycles. The highest BCUT2D eigenvalue weighted by atomic mass is 79.9. The van der Waals surface area contributed by atoms with Gasteiger partial charge in [0, 0.05) is 6.04 Å². The van der Waals surface area contributed by atoms with Gasteiger partial charge in [0.25, 0.3) is 0 Å². The van der Waals surface area contributed by atoms with Crippen molar-refractivity contribution in [3.05, 3.63) is 22.7 Å². The van der Waals surface area contributed by atoms with Crippen molar-refractivity contribution in [3.8, 4) is 5.75 Å². The molecule has 1 aromatic carbocycles. The van der Waals surface area contributed by atoms with E-state index in [2.05, 4.69) is 35.1 Å². The minimum Gasteiger partial charge on any atom is -0.495 e. The zero-order valence-corrected chi connectivity index (χ0v) is 10.4. The molecule has 0 fully saturated rings. The second-order valence-corrected chi connectivity index (χ2v) is 4.07. The Morgan fingerprint density at radius 2 is 2.21 bits per heavy atom. The Labute approximate surface area is 93.8 Å². The molecule has 0 aliphatic heterocycles. The number of ether oxygens (including phenoxy) is 1. The van der Waals surface area contributed by atoms with Crippen LogP contribution in [0.4, 0.5) is 5.69 Å². The summed E-state index contributed by atoms with van der Waals surface area (Å²) in [4.78, 5) is 0. The van der Waals surface area contributed by atoms with Crippen molar-refractivity contribution in [2.24, 2.45) is 0 Å². The number of benzene rings is 1. The van der Waals surface area contributed by atoms with E-state index in [9.17, 15) is 0 Å². The van der Waals surface area contributed by atoms with Gasteiger partial charge in [-0.15, -0.1) is 0 Å². The summed E-state index contributed by atoms with van der Waals surface area (Å²) in [5, 5.41) is 3.41. The van der Waals surface area contributed by atoms with Crippen LogP contribution in [0.3, 0.4) is 0 Å². The predicted molar refractivity (Wildman–Crippen MR) is 64.1 cm³/mol. The molecule has 1 rings (SSSR count). The highest BCUT2D eigenvalue weighted by Gasteiger charge is 2.06. The third-order valence-corrected chi connectivity index (χ3v) is 3.02. The van der Waals surface area contributed by atoms with E-state index >= 15 is 0 Å². The van der Waals surface area contributed by atoms with Crippen molar-refractivity contribution in [1.82, 2.24) is 0 Å². The summed E-state index contributed by atoms with van der Waals surface area (Å²) in [5.74, 6) is 0.860. The first kappa shape index (κ1) is 11.4. The molecule has 3 heteroatoms. The largest absolute Gasteiger partial charge is 0.495 e. The Balaban J connectivity index is 2.86. The molecule has 0 radical (unpaired) electrons. The van der Waals surface area contributed by atoms with Crippen molar-refractivity contribution in [1.29, 1.82) is 0 Å². The fourth-order valence-corrected chi connectivity index (χ4v) is 1.69. The van der Waals surface area contributed by atoms with Gasteiger partial charge in [0.2, 0.25) is 0 Å². The number of hydrogen-bond acceptors (Lipinski definition) is 2. The molecule has 14 heavy (non-hydrogen) atoms. The molecule has 0 heterocycles. The highest BCUT2D eigenvalue weighted by Crippen LogP contribution is 2.32. The number of halogens is 1. The van der Waals surface area contributed by atoms with E-state index in [4.69, 9.17) is 4.74 Å². The quantitative estimate of drug-likeness (QED) is 0.889. The molecule has 1 aromatic rings. The third kappa shape index (κ3) is 2.64. The van der Waals surface area contributed by atoms with Gasteiger partial charge in [-0.05, 0) is 41.4 Å². The Kier molecular flexibility index (Phi) is 4.26. The van der Waals surface area contributed by atoms with Crippen molar-refractivity contribution in [2.45, 2.75) is 26.3 Å². The topological polar surface area (TPSA) is 21.3 Å². The van der Waals surface area contributed by atoms with Gasteiger partial charge in [0.1, 0.15) is 5.75 Å². The van der Waals surface area contributed by atoms with Crippen LogP contribution in [0.25, 0.3) is 0 Å². The summed E-state index contributed by atoms with van der Waals surface area (Å²) in [6, 6.07) is 6.43. The molecule has 0 saturated carbocycles. The second kappa shape index (κ2) is 5.25. The van der Waals surface area contributed by atoms with Gasteiger partial charge in [-0.1, -0.05) is 13.0 Å². The average Bonchev–Trinajstić information content (AvgIpc) is 2.21. The minimum absolute atomic E-state index is 0.471. The van der Waals surface area contributed by atoms with Gasteiger partial charge in [-0.2, -0.15) is 0 Å². The Morgan fingerprint density at radius 1 is 1.50 bits per heavy atom. The van der Waals surface area contributed by atoms with Crippen LogP contribution in [0.1, 0.15) is 20.3 Å². The SMILES string of the molecule is CCC(C)Nc1cccc(OC)c1Br. The molecule has 0 amide bonds. The van der Waals surface area contributed by atoms with E-state index in [1.807, 2.05) is 18.2 Å². The summed E-state index contributed by atoms with van der Waals surface area (Å²) < 4.78 is 6.20. The molecule has 0 bridgehead atoms. The molecular weight excluding hydrogens is 242 g/mol. The van der Waals surface area contributed by atoms with Gasteiger partial charge < -0.3 is 10.1 Å². The lowest BCUT2D eigenvalue weighted by molar-refractivity contribution is 0.412. The second-order valence-electron chi connectivity index (χ2n) is 3.28. The lowest BCUT2D eigenvalue weighted by Gasteiger charge is -2.15. The number of methoxy groups -OCH3 is 1. The first-order chi connectivity index (χ1) is 6.69. The van der Waals surface area contributed by atoms with Crippen LogP contribution in [0, 0.1) is 0 Å². The average molecular weight is 258 g/mol. The number of hydrogen-bond donors (Lipinski definition) is 1. The fraction of sp³-hybridized carbons (Fsp3) is 0.455. The molecule has 0 aliphatic rings. The maximum absolute atomic E-state index is 5.21. The zero-order chi connectivity index (χ0) is 10.6. The lowest BCUT2D eigenvalue weighted by atomic mass is 10.2. The maximum Gasteiger partial charge on any atom is 0.135 e. The van der Waals surface area contributed by atoms with Crippen molar-refractivity contribution >= 4 is 21.6 Å². The van der Waals surface area contributed by atoms with Crippen LogP contribution in [0.15, 0.2) is 22.7 Å². The zero-order valence-electron chi connectivity index (χ0n) is 8.80. The van der Waals surface area contributed by atoms with Crippen LogP contribution < -0.4 is 10.1 Å². The third-order valence-electron chi connectivity index (χ3n) is 2.20. The van der Waals surface area contributed by atoms with E-state index < -0.39 is 0 Å². The number of anilines is 1. The fourth-order valence-electron chi connectivity index (χ4n) is 1.15. The molecule has 1 N–H and O–H groups in total. The Hall–Kier alpha value is -0.700. The summed E-state index contributed by atoms with van der Waals surface area (Å²) >= 11 is 3.51. The lowest BCUT2D eigenvalue weighted by Crippen LogP contribution is -2.13. The molecule has 0 aromatic heterocycles. The highest BCUT2D eigenvalue weighted by molar-refractivity contribution is 9.10. The van der Waals surface area contributed by atoms with E-state index in [1.54, 1.807) is 7.11 Å². The van der Waals surface area contributed by atoms with E-state index in [0.717, 1.165) is 22.3 Å². The standard InChI is InChI=1S/C11H16BrNO/c1-4-8(2)13-9-6-5-7-10(14-3)11(9)12/h5-8,13H,4H2,1-3H3. The van der Waals surface area contributed by atoms with E-state index in [0.29, 0.717) is 6.04 Å². The Bertz CT molecular complexity index is 301. The van der Waals surface area contributed by atoms with Crippen LogP contribution in [0.2, 0.25) is 0 Å². The van der Waals surface area contributed by atoms with Gasteiger partial charge in [-0.3, -0.25) is 0 Å². The smallest absolute Gasteiger partial charge is 0.135 e. The number of rotatable bonds is 4. The molecule has 0 spiro atoms. The molecule has 78 valence electrons. The molecule has 0 aliphatic carbocycles. The predicted octanol–water partition coefficient (Wildman–Crippen LogP) is 3.67. The van der Waals surface area contributed by atoms with Gasteiger partial charge in [0.15, 0.2) is 0 Å². The molecule has 1 unspecified atom stereocenters. The summed E-state index contributed by atoms with van der Waals surface area (Å²) in [7, 11) is 1.67. The van der Waals surface area contributed by atoms with Crippen LogP contribution in [-0.2, 0) is 0 Å². The van der Waals surface area contributed by atoms with Crippen LogP contribution in [0.5, 0.6) is 5.75 Å². The monoisotopic (exact) mass is 257 g/mol.